The number of aliphatic hydroxyl groups is 5. The lowest BCUT2D eigenvalue weighted by atomic mass is 9.79. The first-order valence-corrected chi connectivity index (χ1v) is 26.0. The van der Waals surface area contributed by atoms with Crippen LogP contribution in [0.4, 0.5) is 4.39 Å². The van der Waals surface area contributed by atoms with E-state index in [1.807, 2.05) is 54.3 Å². The summed E-state index contributed by atoms with van der Waals surface area (Å²) in [7, 11) is 6.70. The molecule has 0 bridgehead atoms. The smallest absolute Gasteiger partial charge is 0.311 e. The van der Waals surface area contributed by atoms with Crippen molar-refractivity contribution < 1.29 is 67.9 Å². The number of benzene rings is 1. The second-order valence-electron chi connectivity index (χ2n) is 20.8. The highest BCUT2D eigenvalue weighted by atomic mass is 32.2. The average Bonchev–Trinajstić information content (AvgIpc) is 3.81. The molecule has 1 aromatic carbocycles. The van der Waals surface area contributed by atoms with E-state index in [0.29, 0.717) is 25.1 Å². The number of ether oxygens (including phenoxy) is 7. The number of carbonyl (C=O) groups is 1. The number of nitrogens with zero attached hydrogens (tertiary/aromatic N) is 5. The highest BCUT2D eigenvalue weighted by Gasteiger charge is 2.53. The van der Waals surface area contributed by atoms with Gasteiger partial charge in [0, 0.05) is 69.2 Å². The molecule has 0 spiro atoms. The van der Waals surface area contributed by atoms with E-state index in [1.165, 1.54) is 18.7 Å². The zero-order valence-electron chi connectivity index (χ0n) is 43.8. The first-order valence-electron chi connectivity index (χ1n) is 24.8. The van der Waals surface area contributed by atoms with Gasteiger partial charge in [-0.3, -0.25) is 4.79 Å². The maximum absolute atomic E-state index is 14.7. The van der Waals surface area contributed by atoms with Crippen LogP contribution >= 0.6 is 11.8 Å². The van der Waals surface area contributed by atoms with Gasteiger partial charge in [0.05, 0.1) is 47.2 Å². The van der Waals surface area contributed by atoms with Crippen molar-refractivity contribution in [2.24, 2.45) is 11.8 Å². The third-order valence-corrected chi connectivity index (χ3v) is 16.3. The molecule has 0 unspecified atom stereocenters. The molecular formula is C50H84FN5O13S. The monoisotopic (exact) mass is 1010 g/mol. The third-order valence-electron chi connectivity index (χ3n) is 15.5. The van der Waals surface area contributed by atoms with Crippen molar-refractivity contribution in [1.29, 1.82) is 0 Å². The van der Waals surface area contributed by atoms with Crippen LogP contribution in [0.25, 0.3) is 0 Å². The molecule has 20 heteroatoms. The molecule has 5 rings (SSSR count). The van der Waals surface area contributed by atoms with Crippen molar-refractivity contribution in [2.45, 2.75) is 202 Å². The van der Waals surface area contributed by atoms with E-state index in [-0.39, 0.29) is 25.8 Å². The van der Waals surface area contributed by atoms with E-state index in [1.54, 1.807) is 80.6 Å². The maximum Gasteiger partial charge on any atom is 0.311 e. The summed E-state index contributed by atoms with van der Waals surface area (Å²) in [4.78, 5) is 19.3. The summed E-state index contributed by atoms with van der Waals surface area (Å²) >= 11 is 1.62. The number of hydrogen-bond donors (Lipinski definition) is 5. The summed E-state index contributed by atoms with van der Waals surface area (Å²) < 4.78 is 60.0. The van der Waals surface area contributed by atoms with Crippen LogP contribution in [0.1, 0.15) is 111 Å². The number of likely N-dealkylation sites (N-methyl/N-ethyl adjacent to an activating group) is 2. The van der Waals surface area contributed by atoms with Crippen molar-refractivity contribution in [3.63, 3.8) is 0 Å². The van der Waals surface area contributed by atoms with Crippen molar-refractivity contribution >= 4 is 17.7 Å². The summed E-state index contributed by atoms with van der Waals surface area (Å²) in [5.74, 6) is -2.63. The van der Waals surface area contributed by atoms with Crippen LogP contribution in [0.15, 0.2) is 35.4 Å². The minimum Gasteiger partial charge on any atom is -0.459 e. The normalized spacial score (nSPS) is 39.6. The number of cyclic esters (lactones) is 1. The Balaban J connectivity index is 1.42. The first kappa shape index (κ1) is 58.5. The zero-order chi connectivity index (χ0) is 52.0. The second kappa shape index (κ2) is 24.7. The molecule has 3 aliphatic rings. The fourth-order valence-electron chi connectivity index (χ4n) is 10.5. The van der Waals surface area contributed by atoms with Crippen molar-refractivity contribution in [3.8, 4) is 0 Å². The van der Waals surface area contributed by atoms with Gasteiger partial charge in [0.25, 0.3) is 0 Å². The van der Waals surface area contributed by atoms with Crippen LogP contribution in [-0.4, -0.2) is 201 Å². The number of thioether (sulfide) groups is 1. The summed E-state index contributed by atoms with van der Waals surface area (Å²) in [6, 6.07) is 5.94. The molecule has 0 radical (unpaired) electrons. The van der Waals surface area contributed by atoms with Gasteiger partial charge in [-0.25, -0.2) is 9.07 Å². The van der Waals surface area contributed by atoms with Gasteiger partial charge < -0.3 is 68.5 Å². The molecule has 4 heterocycles. The molecule has 0 saturated carbocycles. The Labute approximate surface area is 418 Å². The number of hydrogen-bond acceptors (Lipinski definition) is 18. The fraction of sp³-hybridized carbons (Fsp3) is 0.820. The topological polar surface area (TPSA) is 220 Å². The van der Waals surface area contributed by atoms with E-state index in [0.717, 1.165) is 10.5 Å². The Morgan fingerprint density at radius 1 is 1.01 bits per heavy atom. The van der Waals surface area contributed by atoms with E-state index in [4.69, 9.17) is 33.2 Å². The van der Waals surface area contributed by atoms with Crippen molar-refractivity contribution in [3.05, 3.63) is 41.7 Å². The van der Waals surface area contributed by atoms with Crippen LogP contribution < -0.4 is 0 Å². The Morgan fingerprint density at radius 3 is 2.29 bits per heavy atom. The Kier molecular flexibility index (Phi) is 20.7. The lowest BCUT2D eigenvalue weighted by Crippen LogP contribution is -2.62. The Hall–Kier alpha value is -2.41. The summed E-state index contributed by atoms with van der Waals surface area (Å²) in [5.41, 5.74) is -3.16. The molecule has 70 heavy (non-hydrogen) atoms. The first-order chi connectivity index (χ1) is 32.9. The van der Waals surface area contributed by atoms with Gasteiger partial charge >= 0.3 is 5.97 Å². The van der Waals surface area contributed by atoms with Crippen LogP contribution in [-0.2, 0) is 44.4 Å². The number of carbonyl (C=O) groups excluding carboxylic acids is 1. The zero-order valence-corrected chi connectivity index (χ0v) is 44.6. The van der Waals surface area contributed by atoms with Crippen molar-refractivity contribution in [2.75, 3.05) is 54.3 Å². The predicted octanol–water partition coefficient (Wildman–Crippen LogP) is 4.09. The molecule has 400 valence electrons. The highest BCUT2D eigenvalue weighted by Crippen LogP contribution is 2.40. The molecule has 1 aromatic heterocycles. The lowest BCUT2D eigenvalue weighted by Gasteiger charge is -2.49. The van der Waals surface area contributed by atoms with Crippen molar-refractivity contribution in [1.82, 2.24) is 24.8 Å². The predicted molar refractivity (Wildman–Crippen MR) is 261 cm³/mol. The number of aliphatic hydroxyl groups excluding tert-OH is 3. The molecular weight excluding hydrogens is 930 g/mol. The number of alkyl halides is 1. The van der Waals surface area contributed by atoms with Crippen LogP contribution in [0.5, 0.6) is 0 Å². The second-order valence-corrected chi connectivity index (χ2v) is 21.6. The number of methoxy groups -OCH3 is 2. The van der Waals surface area contributed by atoms with Gasteiger partial charge in [0.15, 0.2) is 12.6 Å². The Morgan fingerprint density at radius 2 is 1.69 bits per heavy atom. The van der Waals surface area contributed by atoms with E-state index < -0.39 is 127 Å². The maximum atomic E-state index is 14.7. The molecule has 3 fully saturated rings. The molecule has 19 atom stereocenters. The molecule has 18 nitrogen and oxygen atoms in total. The largest absolute Gasteiger partial charge is 0.459 e. The summed E-state index contributed by atoms with van der Waals surface area (Å²) in [5, 5.41) is 68.0. The Bertz CT molecular complexity index is 1940. The quantitative estimate of drug-likeness (QED) is 0.118. The fourth-order valence-corrected chi connectivity index (χ4v) is 10.9. The van der Waals surface area contributed by atoms with Crippen LogP contribution in [0.3, 0.4) is 0 Å². The van der Waals surface area contributed by atoms with E-state index in [2.05, 4.69) is 10.3 Å². The number of aromatic nitrogens is 3. The summed E-state index contributed by atoms with van der Waals surface area (Å²) in [6.07, 6.45) is -5.92. The molecule has 0 amide bonds. The number of halogens is 1. The van der Waals surface area contributed by atoms with Crippen LogP contribution in [0.2, 0.25) is 0 Å². The van der Waals surface area contributed by atoms with Gasteiger partial charge in [-0.1, -0.05) is 31.2 Å². The number of rotatable bonds is 16. The van der Waals surface area contributed by atoms with Gasteiger partial charge in [0.1, 0.15) is 48.8 Å². The van der Waals surface area contributed by atoms with E-state index >= 15 is 0 Å². The minimum atomic E-state index is -1.85. The standard InChI is InChI=1S/C50H84FN5O13S/c1-15-38-50(9,62)43(58)31(5)54(10)23-21-48(7,61)45(29(3)41(30(4)46(60)67-38)68-39-25-49(8,64-13)44(59)32(6)66-39)69-47-40(57)36(24-28(2)65-47)55(11)22-20-34-27-56(53-52-34)37(26-51)42(63-12)33-16-18-35(70-14)19-17-33/h16-19,27-32,36-45,47,57-59,61-62H,15,20-26H2,1-14H3/t28-,29+,30-,31-,32+,36+,37-,38-,39+,40-,41+,42-,43-,44+,45-,47+,48-,49-,50-/m1/s1. The molecule has 0 aliphatic carbocycles. The molecule has 2 aromatic rings. The summed E-state index contributed by atoms with van der Waals surface area (Å²) in [6.45, 7) is 15.3. The third kappa shape index (κ3) is 13.3. The van der Waals surface area contributed by atoms with Gasteiger partial charge in [-0.15, -0.1) is 16.9 Å². The molecule has 3 aliphatic heterocycles. The van der Waals surface area contributed by atoms with E-state index in [9.17, 15) is 34.7 Å². The SMILES string of the molecule is CC[C@H]1OC(=O)[C@H](C)[C@@H](O[C@H]2C[C@@](C)(OC)[C@@H](O)[C@H](C)O2)[C@H](C)[C@@H](O[C@@H]2O[C@H](C)C[C@H](N(C)CCc3cn([C@H](CF)[C@H](OC)c4ccc(SC)cc4)nn3)[C@H]2O)[C@](C)(O)CCN(C)[C@H](C)[C@@H](O)[C@]1(C)O. The van der Waals surface area contributed by atoms with Gasteiger partial charge in [-0.05, 0) is 106 Å². The average molecular weight is 1010 g/mol. The minimum absolute atomic E-state index is 0.0896. The lowest BCUT2D eigenvalue weighted by molar-refractivity contribution is -0.318. The van der Waals surface area contributed by atoms with Gasteiger partial charge in [0.2, 0.25) is 0 Å². The van der Waals surface area contributed by atoms with Crippen LogP contribution in [0, 0.1) is 11.8 Å². The highest BCUT2D eigenvalue weighted by molar-refractivity contribution is 7.98. The molecule has 3 saturated heterocycles. The van der Waals surface area contributed by atoms with Gasteiger partial charge in [-0.2, -0.15) is 0 Å². The number of esters is 1. The molecule has 5 N–H and O–H groups in total.